The van der Waals surface area contributed by atoms with E-state index in [0.717, 1.165) is 32.8 Å². The monoisotopic (exact) mass is 311 g/mol. The molecule has 0 unspecified atom stereocenters. The second-order valence-electron chi connectivity index (χ2n) is 4.76. The van der Waals surface area contributed by atoms with Crippen LogP contribution in [0.4, 0.5) is 0 Å². The summed E-state index contributed by atoms with van der Waals surface area (Å²) in [6.45, 7) is 4.89. The average molecular weight is 312 g/mol. The highest BCUT2D eigenvalue weighted by Gasteiger charge is 2.21. The maximum atomic E-state index is 12.4. The van der Waals surface area contributed by atoms with Gasteiger partial charge in [0.1, 0.15) is 0 Å². The average Bonchev–Trinajstić information content (AvgIpc) is 2.94. The molecule has 1 aromatic heterocycles. The SMILES string of the molecule is N#CCCN(CCN1CCOCC1)C(=O)c1ccoc1Cl. The number of hydrogen-bond donors (Lipinski definition) is 0. The number of furan rings is 1. The lowest BCUT2D eigenvalue weighted by molar-refractivity contribution is 0.0326. The van der Waals surface area contributed by atoms with E-state index in [4.69, 9.17) is 26.0 Å². The quantitative estimate of drug-likeness (QED) is 0.798. The van der Waals surface area contributed by atoms with Gasteiger partial charge in [0, 0.05) is 32.7 Å². The van der Waals surface area contributed by atoms with Crippen LogP contribution >= 0.6 is 11.6 Å². The number of amides is 1. The van der Waals surface area contributed by atoms with E-state index in [1.807, 2.05) is 0 Å². The fourth-order valence-corrected chi connectivity index (χ4v) is 2.40. The smallest absolute Gasteiger partial charge is 0.258 e. The molecule has 0 aromatic carbocycles. The molecule has 1 aromatic rings. The molecule has 6 nitrogen and oxygen atoms in total. The number of rotatable bonds is 6. The van der Waals surface area contributed by atoms with Crippen molar-refractivity contribution in [3.8, 4) is 6.07 Å². The fourth-order valence-electron chi connectivity index (χ4n) is 2.20. The zero-order valence-corrected chi connectivity index (χ0v) is 12.5. The lowest BCUT2D eigenvalue weighted by Crippen LogP contribution is -2.43. The molecule has 114 valence electrons. The number of hydrogen-bond acceptors (Lipinski definition) is 5. The summed E-state index contributed by atoms with van der Waals surface area (Å²) in [5, 5.41) is 8.83. The Kier molecular flexibility index (Phi) is 6.05. The molecule has 1 saturated heterocycles. The molecule has 0 aliphatic carbocycles. The molecular weight excluding hydrogens is 294 g/mol. The highest BCUT2D eigenvalue weighted by Crippen LogP contribution is 2.18. The minimum Gasteiger partial charge on any atom is -0.452 e. The van der Waals surface area contributed by atoms with Gasteiger partial charge in [-0.2, -0.15) is 5.26 Å². The van der Waals surface area contributed by atoms with E-state index < -0.39 is 0 Å². The molecule has 2 rings (SSSR count). The lowest BCUT2D eigenvalue weighted by Gasteiger charge is -2.29. The molecule has 0 saturated carbocycles. The van der Waals surface area contributed by atoms with Crippen LogP contribution in [0.5, 0.6) is 0 Å². The van der Waals surface area contributed by atoms with Crippen molar-refractivity contribution in [1.29, 1.82) is 5.26 Å². The van der Waals surface area contributed by atoms with Gasteiger partial charge in [-0.15, -0.1) is 0 Å². The molecule has 1 fully saturated rings. The second kappa shape index (κ2) is 8.03. The summed E-state index contributed by atoms with van der Waals surface area (Å²) >= 11 is 5.86. The van der Waals surface area contributed by atoms with Crippen LogP contribution in [-0.4, -0.2) is 61.6 Å². The Bertz CT molecular complexity index is 506. The molecule has 0 bridgehead atoms. The van der Waals surface area contributed by atoms with E-state index >= 15 is 0 Å². The van der Waals surface area contributed by atoms with Crippen LogP contribution in [0.1, 0.15) is 16.8 Å². The maximum Gasteiger partial charge on any atom is 0.258 e. The lowest BCUT2D eigenvalue weighted by atomic mass is 10.2. The van der Waals surface area contributed by atoms with Crippen LogP contribution in [0.25, 0.3) is 0 Å². The molecule has 21 heavy (non-hydrogen) atoms. The van der Waals surface area contributed by atoms with E-state index in [0.29, 0.717) is 25.1 Å². The Morgan fingerprint density at radius 2 is 2.19 bits per heavy atom. The first kappa shape index (κ1) is 15.8. The van der Waals surface area contributed by atoms with Crippen LogP contribution in [-0.2, 0) is 4.74 Å². The molecule has 0 spiro atoms. The molecule has 1 aliphatic rings. The van der Waals surface area contributed by atoms with E-state index in [1.54, 1.807) is 11.0 Å². The summed E-state index contributed by atoms with van der Waals surface area (Å²) in [5.74, 6) is -0.197. The summed E-state index contributed by atoms with van der Waals surface area (Å²) < 4.78 is 10.3. The number of nitrogens with zero attached hydrogens (tertiary/aromatic N) is 3. The Labute approximate surface area is 128 Å². The zero-order valence-electron chi connectivity index (χ0n) is 11.8. The van der Waals surface area contributed by atoms with Crippen molar-refractivity contribution in [2.75, 3.05) is 45.9 Å². The Hall–Kier alpha value is -1.55. The van der Waals surface area contributed by atoms with Crippen molar-refractivity contribution in [2.45, 2.75) is 6.42 Å². The van der Waals surface area contributed by atoms with Crippen LogP contribution in [0, 0.1) is 11.3 Å². The van der Waals surface area contributed by atoms with Crippen molar-refractivity contribution in [2.24, 2.45) is 0 Å². The minimum absolute atomic E-state index is 0.0910. The highest BCUT2D eigenvalue weighted by molar-refractivity contribution is 6.32. The van der Waals surface area contributed by atoms with Crippen molar-refractivity contribution in [3.05, 3.63) is 23.1 Å². The molecule has 1 aliphatic heterocycles. The minimum atomic E-state index is -0.197. The molecule has 0 radical (unpaired) electrons. The predicted octanol–water partition coefficient (Wildman–Crippen LogP) is 1.62. The predicted molar refractivity (Wildman–Crippen MR) is 77.1 cm³/mol. The Morgan fingerprint density at radius 1 is 1.43 bits per heavy atom. The van der Waals surface area contributed by atoms with Crippen molar-refractivity contribution >= 4 is 17.5 Å². The van der Waals surface area contributed by atoms with Crippen LogP contribution < -0.4 is 0 Å². The molecule has 0 atom stereocenters. The number of carbonyl (C=O) groups is 1. The van der Waals surface area contributed by atoms with Crippen LogP contribution in [0.2, 0.25) is 5.22 Å². The summed E-state index contributed by atoms with van der Waals surface area (Å²) in [5.41, 5.74) is 0.344. The van der Waals surface area contributed by atoms with Crippen molar-refractivity contribution < 1.29 is 13.9 Å². The maximum absolute atomic E-state index is 12.4. The first-order chi connectivity index (χ1) is 10.2. The third kappa shape index (κ3) is 4.46. The van der Waals surface area contributed by atoms with Gasteiger partial charge in [0.2, 0.25) is 5.22 Å². The summed E-state index contributed by atoms with van der Waals surface area (Å²) in [6.07, 6.45) is 1.68. The Balaban J connectivity index is 1.95. The molecular formula is C14H18ClN3O3. The van der Waals surface area contributed by atoms with Crippen LogP contribution in [0.15, 0.2) is 16.7 Å². The third-order valence-corrected chi connectivity index (χ3v) is 3.71. The van der Waals surface area contributed by atoms with Gasteiger partial charge >= 0.3 is 0 Å². The number of halogens is 1. The molecule has 1 amide bonds. The number of ether oxygens (including phenoxy) is 1. The van der Waals surface area contributed by atoms with Gasteiger partial charge in [-0.05, 0) is 17.7 Å². The van der Waals surface area contributed by atoms with Crippen molar-refractivity contribution in [3.63, 3.8) is 0 Å². The van der Waals surface area contributed by atoms with Gasteiger partial charge in [-0.25, -0.2) is 0 Å². The normalized spacial score (nSPS) is 15.6. The molecule has 2 heterocycles. The summed E-state index contributed by atoms with van der Waals surface area (Å²) in [4.78, 5) is 16.3. The highest BCUT2D eigenvalue weighted by atomic mass is 35.5. The van der Waals surface area contributed by atoms with E-state index in [1.165, 1.54) is 6.26 Å². The molecule has 7 heteroatoms. The van der Waals surface area contributed by atoms with E-state index in [2.05, 4.69) is 11.0 Å². The number of nitriles is 1. The summed E-state index contributed by atoms with van der Waals surface area (Å²) in [7, 11) is 0. The summed E-state index contributed by atoms with van der Waals surface area (Å²) in [6, 6.07) is 3.62. The number of carbonyl (C=O) groups excluding carboxylic acids is 1. The van der Waals surface area contributed by atoms with Gasteiger partial charge < -0.3 is 14.1 Å². The first-order valence-corrected chi connectivity index (χ1v) is 7.29. The third-order valence-electron chi connectivity index (χ3n) is 3.42. The fraction of sp³-hybridized carbons (Fsp3) is 0.571. The van der Waals surface area contributed by atoms with Gasteiger partial charge in [0.25, 0.3) is 5.91 Å². The van der Waals surface area contributed by atoms with Crippen molar-refractivity contribution in [1.82, 2.24) is 9.80 Å². The second-order valence-corrected chi connectivity index (χ2v) is 5.11. The van der Waals surface area contributed by atoms with Gasteiger partial charge in [-0.1, -0.05) is 0 Å². The largest absolute Gasteiger partial charge is 0.452 e. The van der Waals surface area contributed by atoms with Gasteiger partial charge in [0.15, 0.2) is 0 Å². The zero-order chi connectivity index (χ0) is 15.1. The van der Waals surface area contributed by atoms with E-state index in [-0.39, 0.29) is 11.1 Å². The van der Waals surface area contributed by atoms with Gasteiger partial charge in [0.05, 0.1) is 37.5 Å². The standard InChI is InChI=1S/C14H18ClN3O3/c15-13-12(2-9-21-13)14(19)18(4-1-3-16)6-5-17-7-10-20-11-8-17/h2,9H,1,4-8,10-11H2. The number of morpholine rings is 1. The Morgan fingerprint density at radius 3 is 2.81 bits per heavy atom. The van der Waals surface area contributed by atoms with E-state index in [9.17, 15) is 4.79 Å². The molecule has 0 N–H and O–H groups in total. The van der Waals surface area contributed by atoms with Gasteiger partial charge in [-0.3, -0.25) is 9.69 Å². The topological polar surface area (TPSA) is 69.7 Å². The first-order valence-electron chi connectivity index (χ1n) is 6.91. The van der Waals surface area contributed by atoms with Crippen LogP contribution in [0.3, 0.4) is 0 Å².